The van der Waals surface area contributed by atoms with Crippen molar-refractivity contribution in [1.29, 1.82) is 0 Å². The number of likely N-dealkylation sites (tertiary alicyclic amines) is 1. The van der Waals surface area contributed by atoms with Crippen molar-refractivity contribution in [1.82, 2.24) is 19.9 Å². The molecule has 0 bridgehead atoms. The van der Waals surface area contributed by atoms with Crippen LogP contribution in [0.1, 0.15) is 29.0 Å². The average molecular weight is 378 g/mol. The maximum atomic E-state index is 12.8. The van der Waals surface area contributed by atoms with E-state index in [2.05, 4.69) is 15.0 Å². The number of ether oxygens (including phenoxy) is 2. The number of rotatable bonds is 3. The third-order valence-electron chi connectivity index (χ3n) is 5.47. The van der Waals surface area contributed by atoms with Gasteiger partial charge in [-0.05, 0) is 19.1 Å². The summed E-state index contributed by atoms with van der Waals surface area (Å²) in [6.07, 6.45) is 4.93. The number of amides is 1. The van der Waals surface area contributed by atoms with E-state index in [0.29, 0.717) is 31.3 Å². The molecule has 3 aromatic rings. The van der Waals surface area contributed by atoms with Gasteiger partial charge in [-0.2, -0.15) is 0 Å². The smallest absolute Gasteiger partial charge is 0.270 e. The zero-order chi connectivity index (χ0) is 19.1. The molecule has 0 unspecified atom stereocenters. The molecule has 2 saturated heterocycles. The van der Waals surface area contributed by atoms with Crippen LogP contribution in [0, 0.1) is 6.92 Å². The van der Waals surface area contributed by atoms with E-state index in [1.807, 2.05) is 42.2 Å². The molecule has 2 aliphatic rings. The van der Waals surface area contributed by atoms with Crippen molar-refractivity contribution in [2.45, 2.75) is 31.5 Å². The number of nitrogens with zero attached hydrogens (tertiary/aromatic N) is 3. The molecule has 2 aromatic heterocycles. The third kappa shape index (κ3) is 3.11. The van der Waals surface area contributed by atoms with Crippen LogP contribution in [-0.2, 0) is 4.74 Å². The molecular formula is C21H22N4O3. The van der Waals surface area contributed by atoms with Gasteiger partial charge >= 0.3 is 0 Å². The number of fused-ring (bicyclic) bond motifs is 1. The molecule has 2 fully saturated rings. The standard InChI is InChI=1S/C21H22N4O3/c1-14-10-22-11-19(23-14)28-16-6-7-27-21(9-16)12-25(13-21)20(26)18-8-15-4-2-3-5-17(15)24-18/h2-5,8,10-11,16,24H,6-7,9,12-13H2,1H3/t16-/m0/s1. The minimum Gasteiger partial charge on any atom is -0.473 e. The minimum atomic E-state index is -0.318. The first-order chi connectivity index (χ1) is 13.6. The summed E-state index contributed by atoms with van der Waals surface area (Å²) in [4.78, 5) is 26.4. The van der Waals surface area contributed by atoms with Gasteiger partial charge in [-0.1, -0.05) is 18.2 Å². The Morgan fingerprint density at radius 3 is 3.00 bits per heavy atom. The molecule has 144 valence electrons. The van der Waals surface area contributed by atoms with Crippen LogP contribution in [0.25, 0.3) is 10.9 Å². The van der Waals surface area contributed by atoms with Gasteiger partial charge in [0.15, 0.2) is 0 Å². The predicted octanol–water partition coefficient (Wildman–Crippen LogP) is 2.72. The molecular weight excluding hydrogens is 356 g/mol. The molecule has 7 nitrogen and oxygen atoms in total. The van der Waals surface area contributed by atoms with E-state index in [1.165, 1.54) is 0 Å². The number of nitrogens with one attached hydrogen (secondary N) is 1. The molecule has 1 aromatic carbocycles. The van der Waals surface area contributed by atoms with E-state index >= 15 is 0 Å². The fourth-order valence-corrected chi connectivity index (χ4v) is 4.12. The average Bonchev–Trinajstić information content (AvgIpc) is 3.10. The number of benzene rings is 1. The molecule has 1 spiro atoms. The number of para-hydroxylation sites is 1. The van der Waals surface area contributed by atoms with Crippen LogP contribution in [-0.4, -0.2) is 57.2 Å². The van der Waals surface area contributed by atoms with E-state index in [9.17, 15) is 4.79 Å². The summed E-state index contributed by atoms with van der Waals surface area (Å²) in [5.74, 6) is 0.561. The SMILES string of the molecule is Cc1cncc(O[C@H]2CCOC3(C2)CN(C(=O)c2cc4ccccc4[nH]2)C3)n1. The maximum Gasteiger partial charge on any atom is 0.270 e. The monoisotopic (exact) mass is 378 g/mol. The van der Waals surface area contributed by atoms with Crippen molar-refractivity contribution in [2.24, 2.45) is 0 Å². The van der Waals surface area contributed by atoms with Crippen LogP contribution in [0.3, 0.4) is 0 Å². The first-order valence-electron chi connectivity index (χ1n) is 9.57. The zero-order valence-electron chi connectivity index (χ0n) is 15.7. The van der Waals surface area contributed by atoms with E-state index in [0.717, 1.165) is 29.4 Å². The largest absolute Gasteiger partial charge is 0.473 e. The fourth-order valence-electron chi connectivity index (χ4n) is 4.12. The number of aromatic nitrogens is 3. The van der Waals surface area contributed by atoms with Crippen molar-refractivity contribution < 1.29 is 14.3 Å². The molecule has 1 atom stereocenters. The Morgan fingerprint density at radius 1 is 1.32 bits per heavy atom. The lowest BCUT2D eigenvalue weighted by Crippen LogP contribution is -2.67. The molecule has 28 heavy (non-hydrogen) atoms. The second kappa shape index (κ2) is 6.60. The van der Waals surface area contributed by atoms with E-state index in [4.69, 9.17) is 9.47 Å². The van der Waals surface area contributed by atoms with Gasteiger partial charge in [-0.25, -0.2) is 4.98 Å². The molecule has 5 rings (SSSR count). The predicted molar refractivity (Wildman–Crippen MR) is 103 cm³/mol. The minimum absolute atomic E-state index is 0.0121. The number of aromatic amines is 1. The highest BCUT2D eigenvalue weighted by atomic mass is 16.5. The lowest BCUT2D eigenvalue weighted by Gasteiger charge is -2.52. The highest BCUT2D eigenvalue weighted by Crippen LogP contribution is 2.36. The van der Waals surface area contributed by atoms with Gasteiger partial charge in [0.25, 0.3) is 5.91 Å². The van der Waals surface area contributed by atoms with Crippen LogP contribution < -0.4 is 4.74 Å². The Labute approximate surface area is 162 Å². The first-order valence-corrected chi connectivity index (χ1v) is 9.57. The number of aryl methyl sites for hydroxylation is 1. The second-order valence-corrected chi connectivity index (χ2v) is 7.69. The Balaban J connectivity index is 1.24. The van der Waals surface area contributed by atoms with Crippen LogP contribution in [0.4, 0.5) is 0 Å². The maximum absolute atomic E-state index is 12.8. The molecule has 1 amide bonds. The number of hydrogen-bond donors (Lipinski definition) is 1. The van der Waals surface area contributed by atoms with Crippen molar-refractivity contribution in [3.63, 3.8) is 0 Å². The highest BCUT2D eigenvalue weighted by molar-refractivity contribution is 5.98. The molecule has 0 aliphatic carbocycles. The van der Waals surface area contributed by atoms with Gasteiger partial charge in [0.1, 0.15) is 17.4 Å². The van der Waals surface area contributed by atoms with Crippen LogP contribution in [0.15, 0.2) is 42.7 Å². The van der Waals surface area contributed by atoms with Crippen LogP contribution in [0.5, 0.6) is 5.88 Å². The van der Waals surface area contributed by atoms with Gasteiger partial charge in [0.05, 0.1) is 31.6 Å². The van der Waals surface area contributed by atoms with Crippen molar-refractivity contribution in [3.8, 4) is 5.88 Å². The second-order valence-electron chi connectivity index (χ2n) is 7.69. The molecule has 2 aliphatic heterocycles. The third-order valence-corrected chi connectivity index (χ3v) is 5.47. The normalized spacial score (nSPS) is 20.9. The number of hydrogen-bond acceptors (Lipinski definition) is 5. The van der Waals surface area contributed by atoms with Gasteiger partial charge in [-0.3, -0.25) is 9.78 Å². The summed E-state index contributed by atoms with van der Waals surface area (Å²) in [7, 11) is 0. The molecule has 0 radical (unpaired) electrons. The highest BCUT2D eigenvalue weighted by Gasteiger charge is 2.50. The van der Waals surface area contributed by atoms with Gasteiger partial charge < -0.3 is 19.4 Å². The number of carbonyl (C=O) groups excluding carboxylic acids is 1. The Morgan fingerprint density at radius 2 is 2.18 bits per heavy atom. The summed E-state index contributed by atoms with van der Waals surface area (Å²) < 4.78 is 12.1. The van der Waals surface area contributed by atoms with Crippen LogP contribution >= 0.6 is 0 Å². The fraction of sp³-hybridized carbons (Fsp3) is 0.381. The molecule has 1 N–H and O–H groups in total. The summed E-state index contributed by atoms with van der Waals surface area (Å²) in [6.45, 7) is 3.68. The summed E-state index contributed by atoms with van der Waals surface area (Å²) in [5.41, 5.74) is 2.11. The summed E-state index contributed by atoms with van der Waals surface area (Å²) in [5, 5.41) is 1.04. The Hall–Kier alpha value is -2.93. The lowest BCUT2D eigenvalue weighted by atomic mass is 9.84. The lowest BCUT2D eigenvalue weighted by molar-refractivity contribution is -0.174. The van der Waals surface area contributed by atoms with E-state index < -0.39 is 0 Å². The summed E-state index contributed by atoms with van der Waals surface area (Å²) in [6, 6.07) is 9.81. The van der Waals surface area contributed by atoms with E-state index in [-0.39, 0.29) is 17.6 Å². The quantitative estimate of drug-likeness (QED) is 0.758. The topological polar surface area (TPSA) is 80.3 Å². The Kier molecular flexibility index (Phi) is 4.05. The molecule has 4 heterocycles. The van der Waals surface area contributed by atoms with Gasteiger partial charge in [-0.15, -0.1) is 0 Å². The van der Waals surface area contributed by atoms with Gasteiger partial charge in [0.2, 0.25) is 5.88 Å². The summed E-state index contributed by atoms with van der Waals surface area (Å²) >= 11 is 0. The van der Waals surface area contributed by atoms with Crippen molar-refractivity contribution >= 4 is 16.8 Å². The van der Waals surface area contributed by atoms with Gasteiger partial charge in [0, 0.05) is 29.9 Å². The van der Waals surface area contributed by atoms with Crippen molar-refractivity contribution in [3.05, 3.63) is 54.1 Å². The van der Waals surface area contributed by atoms with Crippen molar-refractivity contribution in [2.75, 3.05) is 19.7 Å². The first kappa shape index (κ1) is 17.2. The zero-order valence-corrected chi connectivity index (χ0v) is 15.7. The molecule has 7 heteroatoms. The van der Waals surface area contributed by atoms with Crippen LogP contribution in [0.2, 0.25) is 0 Å². The number of H-pyrrole nitrogens is 1. The Bertz CT molecular complexity index is 992. The number of carbonyl (C=O) groups is 1. The van der Waals surface area contributed by atoms with E-state index in [1.54, 1.807) is 12.4 Å². The molecule has 0 saturated carbocycles.